The van der Waals surface area contributed by atoms with Crippen molar-refractivity contribution in [2.75, 3.05) is 0 Å². The van der Waals surface area contributed by atoms with Crippen LogP contribution in [0.3, 0.4) is 0 Å². The summed E-state index contributed by atoms with van der Waals surface area (Å²) < 4.78 is 39.6. The number of hydrogen-bond donors (Lipinski definition) is 0. The summed E-state index contributed by atoms with van der Waals surface area (Å²) in [4.78, 5) is 11.2. The van der Waals surface area contributed by atoms with E-state index in [1.807, 2.05) is 12.2 Å². The Morgan fingerprint density at radius 3 is 2.55 bits per heavy atom. The predicted octanol–water partition coefficient (Wildman–Crippen LogP) is 5.22. The van der Waals surface area contributed by atoms with Crippen LogP contribution in [0.25, 0.3) is 0 Å². The summed E-state index contributed by atoms with van der Waals surface area (Å²) in [7, 11) is 0. The second-order valence-electron chi connectivity index (χ2n) is 4.99. The fourth-order valence-electron chi connectivity index (χ4n) is 2.57. The molecule has 0 saturated heterocycles. The summed E-state index contributed by atoms with van der Waals surface area (Å²) in [5.41, 5.74) is -0.134. The van der Waals surface area contributed by atoms with E-state index in [9.17, 15) is 18.0 Å². The Labute approximate surface area is 120 Å². The van der Waals surface area contributed by atoms with Gasteiger partial charge < -0.3 is 0 Å². The topological polar surface area (TPSA) is 17.1 Å². The van der Waals surface area contributed by atoms with Crippen LogP contribution in [0, 0.1) is 6.92 Å². The fraction of sp³-hybridized carbons (Fsp3) is 0.400. The van der Waals surface area contributed by atoms with E-state index in [4.69, 9.17) is 11.6 Å². The predicted molar refractivity (Wildman–Crippen MR) is 72.1 cm³/mol. The van der Waals surface area contributed by atoms with Crippen LogP contribution in [0.1, 0.15) is 52.2 Å². The molecule has 1 atom stereocenters. The highest BCUT2D eigenvalue weighted by Crippen LogP contribution is 2.40. The maximum atomic E-state index is 13.2. The molecule has 0 N–H and O–H groups in total. The monoisotopic (exact) mass is 302 g/mol. The number of carbonyl (C=O) groups is 1. The van der Waals surface area contributed by atoms with E-state index in [0.717, 1.165) is 18.9 Å². The van der Waals surface area contributed by atoms with Gasteiger partial charge in [0, 0.05) is 11.5 Å². The van der Waals surface area contributed by atoms with E-state index < -0.39 is 17.0 Å². The molecule has 2 rings (SSSR count). The fourth-order valence-corrected chi connectivity index (χ4v) is 2.77. The third-order valence-corrected chi connectivity index (χ3v) is 3.77. The Bertz CT molecular complexity index is 561. The SMILES string of the molecule is Cc1cc(C2C=CCCC2)c(C(F)(F)F)cc1C(=O)Cl. The molecule has 108 valence electrons. The number of alkyl halides is 3. The maximum Gasteiger partial charge on any atom is 0.416 e. The van der Waals surface area contributed by atoms with Crippen molar-refractivity contribution in [3.63, 3.8) is 0 Å². The van der Waals surface area contributed by atoms with Crippen molar-refractivity contribution in [1.82, 2.24) is 0 Å². The van der Waals surface area contributed by atoms with E-state index >= 15 is 0 Å². The zero-order chi connectivity index (χ0) is 14.9. The molecule has 0 fully saturated rings. The first-order valence-corrected chi connectivity index (χ1v) is 6.76. The lowest BCUT2D eigenvalue weighted by Crippen LogP contribution is -2.14. The van der Waals surface area contributed by atoms with Gasteiger partial charge in [-0.1, -0.05) is 18.2 Å². The summed E-state index contributed by atoms with van der Waals surface area (Å²) in [5.74, 6) is -0.251. The Balaban J connectivity index is 2.60. The van der Waals surface area contributed by atoms with Crippen LogP contribution >= 0.6 is 11.6 Å². The molecule has 0 saturated carbocycles. The van der Waals surface area contributed by atoms with Crippen LogP contribution < -0.4 is 0 Å². The molecule has 0 radical (unpaired) electrons. The van der Waals surface area contributed by atoms with Crippen molar-refractivity contribution in [2.24, 2.45) is 0 Å². The third kappa shape index (κ3) is 3.06. The van der Waals surface area contributed by atoms with Crippen LogP contribution in [0.5, 0.6) is 0 Å². The molecular weight excluding hydrogens is 289 g/mol. The maximum absolute atomic E-state index is 13.2. The average molecular weight is 303 g/mol. The third-order valence-electron chi connectivity index (χ3n) is 3.57. The molecule has 0 heterocycles. The highest BCUT2D eigenvalue weighted by atomic mass is 35.5. The number of allylic oxidation sites excluding steroid dienone is 2. The van der Waals surface area contributed by atoms with E-state index in [1.54, 1.807) is 6.92 Å². The Hall–Kier alpha value is -1.29. The molecule has 1 aromatic carbocycles. The van der Waals surface area contributed by atoms with Gasteiger partial charge in [-0.15, -0.1) is 0 Å². The van der Waals surface area contributed by atoms with Gasteiger partial charge >= 0.3 is 6.18 Å². The molecule has 1 aromatic rings. The van der Waals surface area contributed by atoms with Gasteiger partial charge in [0.1, 0.15) is 0 Å². The molecule has 0 amide bonds. The molecule has 0 spiro atoms. The van der Waals surface area contributed by atoms with Crippen molar-refractivity contribution in [2.45, 2.75) is 38.3 Å². The molecule has 0 aliphatic heterocycles. The normalized spacial score (nSPS) is 19.1. The van der Waals surface area contributed by atoms with Gasteiger partial charge in [-0.3, -0.25) is 4.79 Å². The number of benzene rings is 1. The van der Waals surface area contributed by atoms with E-state index in [2.05, 4.69) is 0 Å². The van der Waals surface area contributed by atoms with Crippen molar-refractivity contribution in [3.05, 3.63) is 46.5 Å². The quantitative estimate of drug-likeness (QED) is 0.541. The van der Waals surface area contributed by atoms with Crippen LogP contribution in [0.15, 0.2) is 24.3 Å². The second-order valence-corrected chi connectivity index (χ2v) is 5.33. The van der Waals surface area contributed by atoms with Crippen molar-refractivity contribution < 1.29 is 18.0 Å². The van der Waals surface area contributed by atoms with Gasteiger partial charge in [-0.25, -0.2) is 0 Å². The van der Waals surface area contributed by atoms with Crippen molar-refractivity contribution >= 4 is 16.8 Å². The Kier molecular flexibility index (Phi) is 4.23. The Morgan fingerprint density at radius 2 is 2.05 bits per heavy atom. The number of hydrogen-bond acceptors (Lipinski definition) is 1. The van der Waals surface area contributed by atoms with Crippen molar-refractivity contribution in [1.29, 1.82) is 0 Å². The molecule has 5 heteroatoms. The first kappa shape index (κ1) is 15.1. The highest BCUT2D eigenvalue weighted by molar-refractivity contribution is 6.67. The van der Waals surface area contributed by atoms with E-state index in [-0.39, 0.29) is 17.0 Å². The largest absolute Gasteiger partial charge is 0.416 e. The van der Waals surface area contributed by atoms with Gasteiger partial charge in [0.25, 0.3) is 5.24 Å². The zero-order valence-corrected chi connectivity index (χ0v) is 11.7. The summed E-state index contributed by atoms with van der Waals surface area (Å²) >= 11 is 5.35. The molecule has 1 unspecified atom stereocenters. The molecular formula is C15H14ClF3O. The van der Waals surface area contributed by atoms with Crippen LogP contribution in [0.2, 0.25) is 0 Å². The molecule has 0 aromatic heterocycles. The minimum absolute atomic E-state index is 0.0810. The van der Waals surface area contributed by atoms with E-state index in [1.165, 1.54) is 6.07 Å². The van der Waals surface area contributed by atoms with Gasteiger partial charge in [-0.2, -0.15) is 13.2 Å². The Morgan fingerprint density at radius 1 is 1.35 bits per heavy atom. The molecule has 1 aliphatic carbocycles. The minimum Gasteiger partial charge on any atom is -0.276 e. The minimum atomic E-state index is -4.49. The first-order valence-electron chi connectivity index (χ1n) is 6.39. The summed E-state index contributed by atoms with van der Waals surface area (Å²) in [6.45, 7) is 1.60. The number of carbonyl (C=O) groups excluding carboxylic acids is 1. The standard InChI is InChI=1S/C15H14ClF3O/c1-9-7-12(10-5-3-2-4-6-10)13(15(17,18)19)8-11(9)14(16)20/h3,5,7-8,10H,2,4,6H2,1H3. The van der Waals surface area contributed by atoms with Gasteiger partial charge in [0.15, 0.2) is 0 Å². The average Bonchev–Trinajstić information content (AvgIpc) is 2.37. The summed E-state index contributed by atoms with van der Waals surface area (Å²) in [6, 6.07) is 2.32. The van der Waals surface area contributed by atoms with Crippen LogP contribution in [0.4, 0.5) is 13.2 Å². The highest BCUT2D eigenvalue weighted by Gasteiger charge is 2.36. The first-order chi connectivity index (χ1) is 9.30. The van der Waals surface area contributed by atoms with Crippen molar-refractivity contribution in [3.8, 4) is 0 Å². The summed E-state index contributed by atoms with van der Waals surface area (Å²) in [6.07, 6.45) is 1.69. The van der Waals surface area contributed by atoms with Gasteiger partial charge in [-0.05, 0) is 55.0 Å². The molecule has 20 heavy (non-hydrogen) atoms. The van der Waals surface area contributed by atoms with Crippen LogP contribution in [-0.2, 0) is 6.18 Å². The van der Waals surface area contributed by atoms with Gasteiger partial charge in [0.2, 0.25) is 0 Å². The lowest BCUT2D eigenvalue weighted by molar-refractivity contribution is -0.138. The smallest absolute Gasteiger partial charge is 0.276 e. The second kappa shape index (κ2) is 5.60. The summed E-state index contributed by atoms with van der Waals surface area (Å²) in [5, 5.41) is -0.862. The van der Waals surface area contributed by atoms with Crippen LogP contribution in [-0.4, -0.2) is 5.24 Å². The van der Waals surface area contributed by atoms with Gasteiger partial charge in [0.05, 0.1) is 5.56 Å². The lowest BCUT2D eigenvalue weighted by Gasteiger charge is -2.22. The zero-order valence-electron chi connectivity index (χ0n) is 10.9. The van der Waals surface area contributed by atoms with E-state index in [0.29, 0.717) is 12.0 Å². The molecule has 1 nitrogen and oxygen atoms in total. The molecule has 1 aliphatic rings. The lowest BCUT2D eigenvalue weighted by atomic mass is 9.84. The molecule has 0 bridgehead atoms. The number of rotatable bonds is 2. The number of halogens is 4. The number of aryl methyl sites for hydroxylation is 1.